The van der Waals surface area contributed by atoms with Crippen molar-refractivity contribution in [1.82, 2.24) is 0 Å². The molecule has 1 aliphatic carbocycles. The standard InChI is InChI=1S/C11H18O2/c1-9(2)10-5-3-4-6-11(10)13-8-7-12/h4,6,9,12H,3,5,7-8H2,1-2H3. The van der Waals surface area contributed by atoms with Gasteiger partial charge in [-0.25, -0.2) is 0 Å². The molecule has 1 rings (SSSR count). The van der Waals surface area contributed by atoms with E-state index in [4.69, 9.17) is 9.84 Å². The molecule has 1 aliphatic rings. The van der Waals surface area contributed by atoms with Crippen LogP contribution in [0.3, 0.4) is 0 Å². The molecule has 0 heterocycles. The Kier molecular flexibility index (Phi) is 4.03. The fourth-order valence-electron chi connectivity index (χ4n) is 1.53. The van der Waals surface area contributed by atoms with Gasteiger partial charge in [0.2, 0.25) is 0 Å². The molecule has 0 saturated carbocycles. The molecule has 0 amide bonds. The molecule has 0 aromatic rings. The number of rotatable bonds is 4. The van der Waals surface area contributed by atoms with Crippen LogP contribution in [0.25, 0.3) is 0 Å². The minimum absolute atomic E-state index is 0.0860. The predicted octanol–water partition coefficient (Wildman–Crippen LogP) is 2.26. The van der Waals surface area contributed by atoms with Gasteiger partial charge < -0.3 is 9.84 Å². The summed E-state index contributed by atoms with van der Waals surface area (Å²) in [5.74, 6) is 1.51. The Balaban J connectivity index is 2.66. The summed E-state index contributed by atoms with van der Waals surface area (Å²) in [5, 5.41) is 8.65. The highest BCUT2D eigenvalue weighted by Crippen LogP contribution is 2.25. The molecule has 0 aliphatic heterocycles. The Labute approximate surface area is 79.9 Å². The van der Waals surface area contributed by atoms with Crippen molar-refractivity contribution in [2.24, 2.45) is 5.92 Å². The zero-order chi connectivity index (χ0) is 9.68. The first-order valence-corrected chi connectivity index (χ1v) is 4.89. The summed E-state index contributed by atoms with van der Waals surface area (Å²) in [6, 6.07) is 0. The van der Waals surface area contributed by atoms with Crippen molar-refractivity contribution in [1.29, 1.82) is 0 Å². The quantitative estimate of drug-likeness (QED) is 0.722. The number of ether oxygens (including phenoxy) is 1. The second-order valence-electron chi connectivity index (χ2n) is 3.56. The maximum atomic E-state index is 8.65. The number of hydrogen-bond acceptors (Lipinski definition) is 2. The molecule has 0 radical (unpaired) electrons. The van der Waals surface area contributed by atoms with Crippen LogP contribution in [0, 0.1) is 5.92 Å². The lowest BCUT2D eigenvalue weighted by atomic mass is 9.94. The summed E-state index contributed by atoms with van der Waals surface area (Å²) in [6.45, 7) is 4.84. The van der Waals surface area contributed by atoms with Gasteiger partial charge >= 0.3 is 0 Å². The molecule has 0 bridgehead atoms. The zero-order valence-electron chi connectivity index (χ0n) is 8.42. The average Bonchev–Trinajstić information content (AvgIpc) is 2.15. The number of aliphatic hydroxyl groups is 1. The average molecular weight is 182 g/mol. The molecule has 13 heavy (non-hydrogen) atoms. The molecular formula is C11H18O2. The Bertz CT molecular complexity index is 214. The van der Waals surface area contributed by atoms with Crippen molar-refractivity contribution in [3.05, 3.63) is 23.5 Å². The van der Waals surface area contributed by atoms with Gasteiger partial charge in [0.15, 0.2) is 0 Å². The fraction of sp³-hybridized carbons (Fsp3) is 0.636. The molecule has 2 nitrogen and oxygen atoms in total. The number of aliphatic hydroxyl groups excluding tert-OH is 1. The van der Waals surface area contributed by atoms with E-state index in [1.165, 1.54) is 5.57 Å². The molecule has 0 saturated heterocycles. The summed E-state index contributed by atoms with van der Waals surface area (Å²) in [6.07, 6.45) is 6.35. The van der Waals surface area contributed by atoms with Crippen molar-refractivity contribution in [2.75, 3.05) is 13.2 Å². The normalized spacial score (nSPS) is 16.9. The lowest BCUT2D eigenvalue weighted by molar-refractivity contribution is 0.148. The van der Waals surface area contributed by atoms with Gasteiger partial charge in [-0.05, 0) is 30.4 Å². The van der Waals surface area contributed by atoms with E-state index >= 15 is 0 Å². The third-order valence-electron chi connectivity index (χ3n) is 2.21. The molecule has 0 unspecified atom stereocenters. The van der Waals surface area contributed by atoms with Gasteiger partial charge in [-0.1, -0.05) is 19.9 Å². The summed E-state index contributed by atoms with van der Waals surface area (Å²) in [5.41, 5.74) is 1.37. The Morgan fingerprint density at radius 3 is 2.92 bits per heavy atom. The molecule has 0 aromatic carbocycles. The van der Waals surface area contributed by atoms with Crippen LogP contribution in [0.2, 0.25) is 0 Å². The SMILES string of the molecule is CC(C)C1=C(OCCO)C=CCC1. The van der Waals surface area contributed by atoms with Gasteiger partial charge in [-0.3, -0.25) is 0 Å². The summed E-state index contributed by atoms with van der Waals surface area (Å²) >= 11 is 0. The molecule has 0 fully saturated rings. The third-order valence-corrected chi connectivity index (χ3v) is 2.21. The predicted molar refractivity (Wildman–Crippen MR) is 53.3 cm³/mol. The molecule has 0 spiro atoms. The van der Waals surface area contributed by atoms with Crippen molar-refractivity contribution < 1.29 is 9.84 Å². The Morgan fingerprint density at radius 1 is 1.54 bits per heavy atom. The maximum Gasteiger partial charge on any atom is 0.118 e. The van der Waals surface area contributed by atoms with Crippen molar-refractivity contribution in [3.8, 4) is 0 Å². The molecule has 2 heteroatoms. The first-order chi connectivity index (χ1) is 6.25. The topological polar surface area (TPSA) is 29.5 Å². The zero-order valence-corrected chi connectivity index (χ0v) is 8.42. The van der Waals surface area contributed by atoms with E-state index in [9.17, 15) is 0 Å². The first-order valence-electron chi connectivity index (χ1n) is 4.89. The van der Waals surface area contributed by atoms with E-state index in [0.717, 1.165) is 18.6 Å². The summed E-state index contributed by atoms with van der Waals surface area (Å²) in [4.78, 5) is 0. The van der Waals surface area contributed by atoms with Crippen molar-refractivity contribution in [3.63, 3.8) is 0 Å². The second kappa shape index (κ2) is 5.07. The molecule has 0 atom stereocenters. The van der Waals surface area contributed by atoms with Gasteiger partial charge in [0.05, 0.1) is 6.61 Å². The van der Waals surface area contributed by atoms with Crippen LogP contribution in [-0.2, 0) is 4.74 Å². The summed E-state index contributed by atoms with van der Waals surface area (Å²) in [7, 11) is 0. The van der Waals surface area contributed by atoms with Gasteiger partial charge in [-0.2, -0.15) is 0 Å². The van der Waals surface area contributed by atoms with E-state index in [0.29, 0.717) is 12.5 Å². The van der Waals surface area contributed by atoms with Crippen molar-refractivity contribution >= 4 is 0 Å². The van der Waals surface area contributed by atoms with Gasteiger partial charge in [0.1, 0.15) is 12.4 Å². The highest BCUT2D eigenvalue weighted by molar-refractivity contribution is 5.25. The second-order valence-corrected chi connectivity index (χ2v) is 3.56. The van der Waals surface area contributed by atoms with Crippen molar-refractivity contribution in [2.45, 2.75) is 26.7 Å². The Morgan fingerprint density at radius 2 is 2.31 bits per heavy atom. The maximum absolute atomic E-state index is 8.65. The number of allylic oxidation sites excluding steroid dienone is 3. The first kappa shape index (κ1) is 10.3. The van der Waals surface area contributed by atoms with E-state index in [2.05, 4.69) is 19.9 Å². The Hall–Kier alpha value is -0.760. The minimum Gasteiger partial charge on any atom is -0.491 e. The molecule has 1 N–H and O–H groups in total. The van der Waals surface area contributed by atoms with E-state index in [-0.39, 0.29) is 6.61 Å². The van der Waals surface area contributed by atoms with E-state index in [1.54, 1.807) is 0 Å². The summed E-state index contributed by atoms with van der Waals surface area (Å²) < 4.78 is 5.45. The monoisotopic (exact) mass is 182 g/mol. The molecule has 0 aromatic heterocycles. The van der Waals surface area contributed by atoms with Gasteiger partial charge in [0.25, 0.3) is 0 Å². The molecule has 74 valence electrons. The fourth-order valence-corrected chi connectivity index (χ4v) is 1.53. The highest BCUT2D eigenvalue weighted by atomic mass is 16.5. The highest BCUT2D eigenvalue weighted by Gasteiger charge is 2.12. The van der Waals surface area contributed by atoms with E-state index in [1.807, 2.05) is 6.08 Å². The lowest BCUT2D eigenvalue weighted by Gasteiger charge is -2.19. The van der Waals surface area contributed by atoms with Crippen LogP contribution in [0.5, 0.6) is 0 Å². The van der Waals surface area contributed by atoms with Crippen LogP contribution in [0.15, 0.2) is 23.5 Å². The van der Waals surface area contributed by atoms with Crippen LogP contribution >= 0.6 is 0 Å². The minimum atomic E-state index is 0.0860. The van der Waals surface area contributed by atoms with Gasteiger partial charge in [0, 0.05) is 0 Å². The smallest absolute Gasteiger partial charge is 0.118 e. The van der Waals surface area contributed by atoms with Crippen LogP contribution in [0.4, 0.5) is 0 Å². The van der Waals surface area contributed by atoms with Gasteiger partial charge in [-0.15, -0.1) is 0 Å². The third kappa shape index (κ3) is 2.88. The molecular weight excluding hydrogens is 164 g/mol. The van der Waals surface area contributed by atoms with Crippen LogP contribution in [0.1, 0.15) is 26.7 Å². The van der Waals surface area contributed by atoms with Crippen LogP contribution in [-0.4, -0.2) is 18.3 Å². The lowest BCUT2D eigenvalue weighted by Crippen LogP contribution is -2.07. The largest absolute Gasteiger partial charge is 0.491 e. The number of hydrogen-bond donors (Lipinski definition) is 1. The van der Waals surface area contributed by atoms with Crippen LogP contribution < -0.4 is 0 Å². The van der Waals surface area contributed by atoms with E-state index < -0.39 is 0 Å².